The standard InChI is InChI=1S/C27H31FN4O3/c1-18-6-4-7-19(2)32(18)24(33)17-35-23-12-10-20(11-13-23)27(34)30-25(26-29-14-15-31(26)3)21-8-5-9-22(28)16-21/h5,8-16,18-19,25H,4,6-7,17H2,1-3H3,(H,30,34)/t18-,19+,25-/m0/s1. The van der Waals surface area contributed by atoms with Crippen molar-refractivity contribution in [2.24, 2.45) is 7.05 Å². The number of hydrogen-bond acceptors (Lipinski definition) is 4. The maximum Gasteiger partial charge on any atom is 0.260 e. The highest BCUT2D eigenvalue weighted by Crippen LogP contribution is 2.24. The van der Waals surface area contributed by atoms with Crippen LogP contribution in [0.3, 0.4) is 0 Å². The first-order valence-corrected chi connectivity index (χ1v) is 11.9. The van der Waals surface area contributed by atoms with Gasteiger partial charge < -0.3 is 19.5 Å². The highest BCUT2D eigenvalue weighted by atomic mass is 19.1. The third kappa shape index (κ3) is 5.70. The van der Waals surface area contributed by atoms with E-state index in [1.54, 1.807) is 53.4 Å². The molecule has 4 rings (SSSR count). The number of aryl methyl sites for hydroxylation is 1. The summed E-state index contributed by atoms with van der Waals surface area (Å²) in [5.74, 6) is 0.349. The van der Waals surface area contributed by atoms with Gasteiger partial charge in [0.1, 0.15) is 23.4 Å². The van der Waals surface area contributed by atoms with Crippen LogP contribution in [0.4, 0.5) is 4.39 Å². The number of benzene rings is 2. The molecule has 0 aliphatic carbocycles. The number of imidazole rings is 1. The zero-order chi connectivity index (χ0) is 24.9. The van der Waals surface area contributed by atoms with E-state index in [1.807, 2.05) is 11.9 Å². The molecule has 7 nitrogen and oxygen atoms in total. The lowest BCUT2D eigenvalue weighted by Crippen LogP contribution is -2.49. The third-order valence-electron chi connectivity index (χ3n) is 6.53. The summed E-state index contributed by atoms with van der Waals surface area (Å²) in [5.41, 5.74) is 1.00. The number of amides is 2. The van der Waals surface area contributed by atoms with Crippen LogP contribution in [0.2, 0.25) is 0 Å². The van der Waals surface area contributed by atoms with Crippen molar-refractivity contribution in [2.75, 3.05) is 6.61 Å². The van der Waals surface area contributed by atoms with Crippen LogP contribution in [-0.4, -0.2) is 45.0 Å². The molecule has 2 heterocycles. The monoisotopic (exact) mass is 478 g/mol. The normalized spacial score (nSPS) is 18.7. The molecule has 3 aromatic rings. The van der Waals surface area contributed by atoms with Gasteiger partial charge in [-0.15, -0.1) is 0 Å². The van der Waals surface area contributed by atoms with Gasteiger partial charge in [0.2, 0.25) is 0 Å². The van der Waals surface area contributed by atoms with Crippen LogP contribution in [0.1, 0.15) is 60.9 Å². The zero-order valence-electron chi connectivity index (χ0n) is 20.3. The molecule has 1 aromatic heterocycles. The Kier molecular flexibility index (Phi) is 7.48. The third-order valence-corrected chi connectivity index (χ3v) is 6.53. The van der Waals surface area contributed by atoms with Crippen LogP contribution in [0.5, 0.6) is 5.75 Å². The first kappa shape index (κ1) is 24.4. The quantitative estimate of drug-likeness (QED) is 0.551. The predicted octanol–water partition coefficient (Wildman–Crippen LogP) is 4.25. The van der Waals surface area contributed by atoms with E-state index in [0.717, 1.165) is 19.3 Å². The van der Waals surface area contributed by atoms with E-state index in [9.17, 15) is 14.0 Å². The van der Waals surface area contributed by atoms with Gasteiger partial charge in [-0.25, -0.2) is 9.37 Å². The number of nitrogens with zero attached hydrogens (tertiary/aromatic N) is 3. The van der Waals surface area contributed by atoms with Crippen LogP contribution in [0, 0.1) is 5.82 Å². The molecule has 0 radical (unpaired) electrons. The van der Waals surface area contributed by atoms with Crippen molar-refractivity contribution < 1.29 is 18.7 Å². The van der Waals surface area contributed by atoms with Crippen molar-refractivity contribution in [1.29, 1.82) is 0 Å². The molecule has 0 bridgehead atoms. The summed E-state index contributed by atoms with van der Waals surface area (Å²) in [6.07, 6.45) is 6.56. The van der Waals surface area contributed by atoms with Crippen molar-refractivity contribution >= 4 is 11.8 Å². The molecule has 2 aromatic carbocycles. The summed E-state index contributed by atoms with van der Waals surface area (Å²) in [5, 5.41) is 2.95. The fraction of sp³-hybridized carbons (Fsp3) is 0.370. The molecule has 2 amide bonds. The second kappa shape index (κ2) is 10.7. The smallest absolute Gasteiger partial charge is 0.260 e. The number of hydrogen-bond donors (Lipinski definition) is 1. The second-order valence-corrected chi connectivity index (χ2v) is 9.10. The van der Waals surface area contributed by atoms with Gasteiger partial charge in [0, 0.05) is 37.1 Å². The van der Waals surface area contributed by atoms with Crippen molar-refractivity contribution in [3.8, 4) is 5.75 Å². The SMILES string of the molecule is C[C@@H]1CCC[C@H](C)N1C(=O)COc1ccc(C(=O)N[C@@H](c2cccc(F)c2)c2nccn2C)cc1. The van der Waals surface area contributed by atoms with Gasteiger partial charge in [-0.3, -0.25) is 9.59 Å². The van der Waals surface area contributed by atoms with E-state index in [4.69, 9.17) is 4.74 Å². The number of ether oxygens (including phenoxy) is 1. The highest BCUT2D eigenvalue weighted by molar-refractivity contribution is 5.94. The molecule has 8 heteroatoms. The topological polar surface area (TPSA) is 76.5 Å². The van der Waals surface area contributed by atoms with Crippen molar-refractivity contribution in [2.45, 2.75) is 51.2 Å². The van der Waals surface area contributed by atoms with Gasteiger partial charge in [-0.1, -0.05) is 12.1 Å². The molecule has 35 heavy (non-hydrogen) atoms. The summed E-state index contributed by atoms with van der Waals surface area (Å²) in [6, 6.07) is 12.5. The maximum absolute atomic E-state index is 13.9. The Morgan fingerprint density at radius 1 is 1.14 bits per heavy atom. The molecule has 1 N–H and O–H groups in total. The van der Waals surface area contributed by atoms with E-state index in [0.29, 0.717) is 22.7 Å². The van der Waals surface area contributed by atoms with Gasteiger partial charge in [0.05, 0.1) is 0 Å². The molecule has 1 aliphatic heterocycles. The van der Waals surface area contributed by atoms with E-state index >= 15 is 0 Å². The van der Waals surface area contributed by atoms with Crippen molar-refractivity contribution in [3.05, 3.63) is 83.7 Å². The predicted molar refractivity (Wildman–Crippen MR) is 130 cm³/mol. The minimum atomic E-state index is -0.625. The molecule has 1 fully saturated rings. The molecule has 1 aliphatic rings. The number of carbonyl (C=O) groups is 2. The number of halogens is 1. The second-order valence-electron chi connectivity index (χ2n) is 9.10. The lowest BCUT2D eigenvalue weighted by molar-refractivity contribution is -0.139. The molecule has 0 unspecified atom stereocenters. The van der Waals surface area contributed by atoms with Crippen LogP contribution < -0.4 is 10.1 Å². The number of nitrogens with one attached hydrogen (secondary N) is 1. The van der Waals surface area contributed by atoms with E-state index in [1.165, 1.54) is 12.1 Å². The summed E-state index contributed by atoms with van der Waals surface area (Å²) < 4.78 is 21.4. The number of piperidine rings is 1. The summed E-state index contributed by atoms with van der Waals surface area (Å²) in [7, 11) is 1.82. The fourth-order valence-electron chi connectivity index (χ4n) is 4.69. The van der Waals surface area contributed by atoms with Gasteiger partial charge in [0.15, 0.2) is 6.61 Å². The number of likely N-dealkylation sites (tertiary alicyclic amines) is 1. The minimum Gasteiger partial charge on any atom is -0.484 e. The summed E-state index contributed by atoms with van der Waals surface area (Å²) in [6.45, 7) is 4.10. The largest absolute Gasteiger partial charge is 0.484 e. The zero-order valence-corrected chi connectivity index (χ0v) is 20.3. The average Bonchev–Trinajstić information content (AvgIpc) is 3.26. The Bertz CT molecular complexity index is 1170. The first-order valence-electron chi connectivity index (χ1n) is 11.9. The molecule has 3 atom stereocenters. The molecular weight excluding hydrogens is 447 g/mol. The van der Waals surface area contributed by atoms with Gasteiger partial charge in [-0.05, 0) is 75.1 Å². The first-order chi connectivity index (χ1) is 16.8. The van der Waals surface area contributed by atoms with E-state index < -0.39 is 6.04 Å². The average molecular weight is 479 g/mol. The number of rotatable bonds is 7. The Hall–Kier alpha value is -3.68. The maximum atomic E-state index is 13.9. The lowest BCUT2D eigenvalue weighted by atomic mass is 9.97. The number of aromatic nitrogens is 2. The Morgan fingerprint density at radius 2 is 1.86 bits per heavy atom. The molecule has 1 saturated heterocycles. The minimum absolute atomic E-state index is 0.0282. The molecule has 0 spiro atoms. The Labute approximate surface area is 204 Å². The van der Waals surface area contributed by atoms with Crippen molar-refractivity contribution in [3.63, 3.8) is 0 Å². The highest BCUT2D eigenvalue weighted by Gasteiger charge is 2.29. The molecule has 184 valence electrons. The van der Waals surface area contributed by atoms with Crippen LogP contribution in [0.25, 0.3) is 0 Å². The van der Waals surface area contributed by atoms with Crippen LogP contribution in [0.15, 0.2) is 60.9 Å². The van der Waals surface area contributed by atoms with E-state index in [2.05, 4.69) is 24.1 Å². The van der Waals surface area contributed by atoms with Crippen molar-refractivity contribution in [1.82, 2.24) is 19.8 Å². The molecule has 0 saturated carbocycles. The van der Waals surface area contributed by atoms with Crippen LogP contribution in [-0.2, 0) is 11.8 Å². The van der Waals surface area contributed by atoms with E-state index in [-0.39, 0.29) is 36.3 Å². The Balaban J connectivity index is 1.42. The van der Waals surface area contributed by atoms with Crippen LogP contribution >= 0.6 is 0 Å². The lowest BCUT2D eigenvalue weighted by Gasteiger charge is -2.38. The number of carbonyl (C=O) groups excluding carboxylic acids is 2. The molecular formula is C27H31FN4O3. The summed E-state index contributed by atoms with van der Waals surface area (Å²) in [4.78, 5) is 32.0. The summed E-state index contributed by atoms with van der Waals surface area (Å²) >= 11 is 0. The van der Waals surface area contributed by atoms with Gasteiger partial charge in [-0.2, -0.15) is 0 Å². The van der Waals surface area contributed by atoms with Gasteiger partial charge in [0.25, 0.3) is 11.8 Å². The Morgan fingerprint density at radius 3 is 2.49 bits per heavy atom. The van der Waals surface area contributed by atoms with Gasteiger partial charge >= 0.3 is 0 Å². The fourth-order valence-corrected chi connectivity index (χ4v) is 4.69.